The van der Waals surface area contributed by atoms with Gasteiger partial charge in [0.1, 0.15) is 0 Å². The number of carbonyl (C=O) groups is 1. The van der Waals surface area contributed by atoms with Crippen molar-refractivity contribution in [2.24, 2.45) is 5.92 Å². The zero-order valence-electron chi connectivity index (χ0n) is 12.4. The average Bonchev–Trinajstić information content (AvgIpc) is 2.42. The summed E-state index contributed by atoms with van der Waals surface area (Å²) in [4.78, 5) is 11.5. The van der Waals surface area contributed by atoms with Gasteiger partial charge in [-0.2, -0.15) is 26.3 Å². The minimum atomic E-state index is -6.04. The summed E-state index contributed by atoms with van der Waals surface area (Å²) < 4.78 is 82.9. The normalized spacial score (nSPS) is 19.3. The van der Waals surface area contributed by atoms with E-state index in [1.54, 1.807) is 0 Å². The van der Waals surface area contributed by atoms with Crippen LogP contribution in [-0.2, 0) is 9.53 Å². The molecule has 1 aliphatic carbocycles. The van der Waals surface area contributed by atoms with Gasteiger partial charge in [-0.25, -0.2) is 4.79 Å². The highest BCUT2D eigenvalue weighted by Gasteiger charge is 2.76. The first-order valence-corrected chi connectivity index (χ1v) is 7.04. The molecule has 0 bridgehead atoms. The Morgan fingerprint density at radius 3 is 1.87 bits per heavy atom. The highest BCUT2D eigenvalue weighted by atomic mass is 19.4. The number of esters is 1. The van der Waals surface area contributed by atoms with Crippen LogP contribution >= 0.6 is 0 Å². The van der Waals surface area contributed by atoms with E-state index in [1.165, 1.54) is 0 Å². The fourth-order valence-electron chi connectivity index (χ4n) is 2.66. The molecule has 1 rings (SSSR count). The molecule has 1 N–H and O–H groups in total. The Labute approximate surface area is 129 Å². The van der Waals surface area contributed by atoms with E-state index in [4.69, 9.17) is 0 Å². The topological polar surface area (TPSA) is 46.5 Å². The van der Waals surface area contributed by atoms with E-state index in [0.29, 0.717) is 19.3 Å². The maximum Gasteiger partial charge on any atom is 0.430 e. The van der Waals surface area contributed by atoms with Gasteiger partial charge in [0.05, 0.1) is 0 Å². The molecule has 0 heterocycles. The van der Waals surface area contributed by atoms with E-state index in [-0.39, 0.29) is 18.4 Å². The number of hydrogen-bond donors (Lipinski definition) is 1. The summed E-state index contributed by atoms with van der Waals surface area (Å²) in [5.41, 5.74) is -5.47. The van der Waals surface area contributed by atoms with Gasteiger partial charge in [-0.05, 0) is 25.7 Å². The lowest BCUT2D eigenvalue weighted by Gasteiger charge is -2.42. The van der Waals surface area contributed by atoms with Crippen LogP contribution in [0.4, 0.5) is 26.3 Å². The van der Waals surface area contributed by atoms with Crippen LogP contribution in [0, 0.1) is 5.92 Å². The molecule has 0 spiro atoms. The number of halogens is 6. The number of ether oxygens (including phenoxy) is 1. The molecule has 0 radical (unpaired) electrons. The van der Waals surface area contributed by atoms with Gasteiger partial charge < -0.3 is 9.84 Å². The lowest BCUT2D eigenvalue weighted by molar-refractivity contribution is -0.396. The molecule has 0 aromatic rings. The molecule has 1 fully saturated rings. The molecule has 0 aliphatic heterocycles. The summed E-state index contributed by atoms with van der Waals surface area (Å²) in [5.74, 6) is -2.63. The fraction of sp³-hybridized carbons (Fsp3) is 0.786. The fourth-order valence-corrected chi connectivity index (χ4v) is 2.66. The Hall–Kier alpha value is -1.25. The quantitative estimate of drug-likeness (QED) is 0.476. The van der Waals surface area contributed by atoms with Crippen LogP contribution in [0.1, 0.15) is 39.0 Å². The van der Waals surface area contributed by atoms with E-state index in [9.17, 15) is 36.2 Å². The Kier molecular flexibility index (Phi) is 5.77. The van der Waals surface area contributed by atoms with Gasteiger partial charge in [0.25, 0.3) is 5.60 Å². The van der Waals surface area contributed by atoms with Gasteiger partial charge in [-0.3, -0.25) is 0 Å². The Bertz CT molecular complexity index is 434. The third-order valence-electron chi connectivity index (χ3n) is 3.94. The molecule has 9 heteroatoms. The van der Waals surface area contributed by atoms with Gasteiger partial charge in [0, 0.05) is 5.57 Å². The SMILES string of the molecule is C=C(C)C(=O)OC(C1CCCCC1)C(O)(C(F)(F)F)C(F)(F)F. The van der Waals surface area contributed by atoms with Crippen molar-refractivity contribution in [1.29, 1.82) is 0 Å². The number of rotatable bonds is 4. The summed E-state index contributed by atoms with van der Waals surface area (Å²) in [6.07, 6.45) is -13.4. The summed E-state index contributed by atoms with van der Waals surface area (Å²) in [5, 5.41) is 9.57. The van der Waals surface area contributed by atoms with Crippen LogP contribution in [0.2, 0.25) is 0 Å². The number of alkyl halides is 6. The second-order valence-corrected chi connectivity index (χ2v) is 5.77. The number of hydrogen-bond acceptors (Lipinski definition) is 3. The van der Waals surface area contributed by atoms with Gasteiger partial charge in [0.15, 0.2) is 6.10 Å². The van der Waals surface area contributed by atoms with E-state index < -0.39 is 35.9 Å². The molecular formula is C14H18F6O3. The van der Waals surface area contributed by atoms with Gasteiger partial charge in [0.2, 0.25) is 0 Å². The standard InChI is InChI=1S/C14H18F6O3/c1-8(2)11(21)23-10(9-6-4-3-5-7-9)12(22,13(15,16)17)14(18,19)20/h9-10,22H,1,3-7H2,2H3. The number of aliphatic hydroxyl groups is 1. The van der Waals surface area contributed by atoms with Crippen LogP contribution in [0.25, 0.3) is 0 Å². The molecule has 0 aromatic carbocycles. The largest absolute Gasteiger partial charge is 0.455 e. The van der Waals surface area contributed by atoms with E-state index in [1.807, 2.05) is 0 Å². The molecule has 1 atom stereocenters. The Morgan fingerprint density at radius 2 is 1.52 bits per heavy atom. The summed E-state index contributed by atoms with van der Waals surface area (Å²) >= 11 is 0. The molecule has 0 amide bonds. The van der Waals surface area contributed by atoms with Crippen molar-refractivity contribution in [1.82, 2.24) is 0 Å². The van der Waals surface area contributed by atoms with Crippen molar-refractivity contribution in [3.63, 3.8) is 0 Å². The highest BCUT2D eigenvalue weighted by molar-refractivity contribution is 5.87. The first kappa shape index (κ1) is 19.8. The monoisotopic (exact) mass is 348 g/mol. The summed E-state index contributed by atoms with van der Waals surface area (Å²) in [6, 6.07) is 0. The molecule has 3 nitrogen and oxygen atoms in total. The molecule has 23 heavy (non-hydrogen) atoms. The van der Waals surface area contributed by atoms with E-state index in [0.717, 1.165) is 6.92 Å². The molecule has 0 saturated heterocycles. The van der Waals surface area contributed by atoms with Gasteiger partial charge in [-0.15, -0.1) is 0 Å². The second-order valence-electron chi connectivity index (χ2n) is 5.77. The molecule has 134 valence electrons. The molecule has 1 unspecified atom stereocenters. The maximum atomic E-state index is 13.1. The van der Waals surface area contributed by atoms with Gasteiger partial charge >= 0.3 is 18.3 Å². The van der Waals surface area contributed by atoms with Crippen LogP contribution in [-0.4, -0.2) is 35.1 Å². The predicted molar refractivity (Wildman–Crippen MR) is 68.3 cm³/mol. The lowest BCUT2D eigenvalue weighted by atomic mass is 9.77. The highest BCUT2D eigenvalue weighted by Crippen LogP contribution is 2.50. The van der Waals surface area contributed by atoms with Crippen molar-refractivity contribution in [2.45, 2.75) is 63.1 Å². The first-order chi connectivity index (χ1) is 10.3. The van der Waals surface area contributed by atoms with Crippen LogP contribution in [0.15, 0.2) is 12.2 Å². The second kappa shape index (κ2) is 6.70. The molecular weight excluding hydrogens is 330 g/mol. The smallest absolute Gasteiger partial charge is 0.430 e. The minimum absolute atomic E-state index is 0.00259. The Morgan fingerprint density at radius 1 is 1.09 bits per heavy atom. The lowest BCUT2D eigenvalue weighted by Crippen LogP contribution is -2.67. The van der Waals surface area contributed by atoms with Crippen molar-refractivity contribution in [2.75, 3.05) is 0 Å². The van der Waals surface area contributed by atoms with Crippen molar-refractivity contribution in [3.8, 4) is 0 Å². The Balaban J connectivity index is 3.32. The molecule has 1 saturated carbocycles. The third-order valence-corrected chi connectivity index (χ3v) is 3.94. The molecule has 0 aromatic heterocycles. The maximum absolute atomic E-state index is 13.1. The zero-order chi connectivity index (χ0) is 18.1. The van der Waals surface area contributed by atoms with Crippen molar-refractivity contribution in [3.05, 3.63) is 12.2 Å². The predicted octanol–water partition coefficient (Wildman–Crippen LogP) is 3.91. The minimum Gasteiger partial charge on any atom is -0.455 e. The summed E-state index contributed by atoms with van der Waals surface area (Å²) in [6.45, 7) is 4.24. The number of carbonyl (C=O) groups excluding carboxylic acids is 1. The van der Waals surface area contributed by atoms with E-state index >= 15 is 0 Å². The zero-order valence-corrected chi connectivity index (χ0v) is 12.4. The van der Waals surface area contributed by atoms with Crippen LogP contribution in [0.5, 0.6) is 0 Å². The van der Waals surface area contributed by atoms with Gasteiger partial charge in [-0.1, -0.05) is 25.8 Å². The van der Waals surface area contributed by atoms with Crippen molar-refractivity contribution >= 4 is 5.97 Å². The average molecular weight is 348 g/mol. The molecule has 1 aliphatic rings. The van der Waals surface area contributed by atoms with Crippen LogP contribution in [0.3, 0.4) is 0 Å². The third kappa shape index (κ3) is 3.99. The van der Waals surface area contributed by atoms with Crippen LogP contribution < -0.4 is 0 Å². The summed E-state index contributed by atoms with van der Waals surface area (Å²) in [7, 11) is 0. The van der Waals surface area contributed by atoms with Crippen molar-refractivity contribution < 1.29 is 41.0 Å². The van der Waals surface area contributed by atoms with E-state index in [2.05, 4.69) is 11.3 Å². The first-order valence-electron chi connectivity index (χ1n) is 7.04.